The van der Waals surface area contributed by atoms with E-state index in [0.29, 0.717) is 31.7 Å². The van der Waals surface area contributed by atoms with E-state index < -0.39 is 0 Å². The van der Waals surface area contributed by atoms with E-state index in [1.165, 1.54) is 23.0 Å². The number of nitrogens with zero attached hydrogens (tertiary/aromatic N) is 2. The molecule has 2 aliphatic rings. The minimum Gasteiger partial charge on any atom is -0.369 e. The normalized spacial score (nSPS) is 23.1. The predicted molar refractivity (Wildman–Crippen MR) is 129 cm³/mol. The third-order valence-electron chi connectivity index (χ3n) is 5.76. The largest absolute Gasteiger partial charge is 0.369 e. The second kappa shape index (κ2) is 7.95. The number of carbonyl (C=O) groups excluding carboxylic acids is 1. The van der Waals surface area contributed by atoms with Crippen molar-refractivity contribution in [1.82, 2.24) is 5.32 Å². The van der Waals surface area contributed by atoms with Gasteiger partial charge in [-0.05, 0) is 79.4 Å². The minimum atomic E-state index is -0.166. The van der Waals surface area contributed by atoms with Crippen molar-refractivity contribution in [3.8, 4) is 0 Å². The summed E-state index contributed by atoms with van der Waals surface area (Å²) in [6.07, 6.45) is 3.00. The minimum absolute atomic E-state index is 0.126. The third kappa shape index (κ3) is 3.98. The molecule has 0 unspecified atom stereocenters. The van der Waals surface area contributed by atoms with Crippen LogP contribution in [0.3, 0.4) is 0 Å². The first-order chi connectivity index (χ1) is 14.2. The lowest BCUT2D eigenvalue weighted by Gasteiger charge is -2.45. The number of aliphatic imine (C=N–C) groups is 1. The van der Waals surface area contributed by atoms with Crippen LogP contribution in [0.25, 0.3) is 6.08 Å². The summed E-state index contributed by atoms with van der Waals surface area (Å²) >= 11 is 13.6. The molecule has 0 aliphatic carbocycles. The maximum atomic E-state index is 12.5. The molecule has 30 heavy (non-hydrogen) atoms. The van der Waals surface area contributed by atoms with Gasteiger partial charge in [-0.3, -0.25) is 4.79 Å². The van der Waals surface area contributed by atoms with Gasteiger partial charge in [0, 0.05) is 18.3 Å². The molecule has 2 aromatic carbocycles. The van der Waals surface area contributed by atoms with E-state index in [9.17, 15) is 4.79 Å². The first-order valence-corrected chi connectivity index (χ1v) is 11.3. The van der Waals surface area contributed by atoms with Gasteiger partial charge < -0.3 is 10.2 Å². The lowest BCUT2D eigenvalue weighted by Crippen LogP contribution is -2.45. The van der Waals surface area contributed by atoms with E-state index in [1.807, 2.05) is 6.08 Å². The standard InChI is InChI=1S/C23H23Cl2N3OS/c1-13-12-23(2,3)28(4)18-9-8-14(10-15(13)18)11-19-21(29)27-22(30-19)26-17-7-5-6-16(24)20(17)25/h5-11,13H,12H2,1-4H3,(H,26,27,29)/b19-11-/t13-/m1/s1. The van der Waals surface area contributed by atoms with E-state index in [1.54, 1.807) is 18.2 Å². The van der Waals surface area contributed by atoms with Gasteiger partial charge >= 0.3 is 0 Å². The topological polar surface area (TPSA) is 44.7 Å². The van der Waals surface area contributed by atoms with Gasteiger partial charge in [0.15, 0.2) is 5.17 Å². The fraction of sp³-hybridized carbons (Fsp3) is 0.304. The molecule has 0 spiro atoms. The molecule has 2 aliphatic heterocycles. The first-order valence-electron chi connectivity index (χ1n) is 9.77. The van der Waals surface area contributed by atoms with Crippen molar-refractivity contribution >= 4 is 63.5 Å². The van der Waals surface area contributed by atoms with Gasteiger partial charge in [-0.25, -0.2) is 4.99 Å². The Kier molecular flexibility index (Phi) is 5.64. The van der Waals surface area contributed by atoms with Gasteiger partial charge in [0.05, 0.1) is 20.6 Å². The van der Waals surface area contributed by atoms with Crippen molar-refractivity contribution in [3.63, 3.8) is 0 Å². The lowest BCUT2D eigenvalue weighted by atomic mass is 9.80. The molecule has 0 saturated carbocycles. The van der Waals surface area contributed by atoms with Crippen LogP contribution in [0.5, 0.6) is 0 Å². The quantitative estimate of drug-likeness (QED) is 0.513. The summed E-state index contributed by atoms with van der Waals surface area (Å²) < 4.78 is 0. The van der Waals surface area contributed by atoms with Gasteiger partial charge in [0.2, 0.25) is 0 Å². The Labute approximate surface area is 191 Å². The molecule has 2 aromatic rings. The summed E-state index contributed by atoms with van der Waals surface area (Å²) in [5.74, 6) is 0.289. The number of amides is 1. The van der Waals surface area contributed by atoms with E-state index in [-0.39, 0.29) is 11.4 Å². The highest BCUT2D eigenvalue weighted by Crippen LogP contribution is 2.43. The van der Waals surface area contributed by atoms with Crippen LogP contribution in [0.15, 0.2) is 46.3 Å². The van der Waals surface area contributed by atoms with Crippen molar-refractivity contribution in [2.75, 3.05) is 11.9 Å². The molecule has 1 N–H and O–H groups in total. The average Bonchev–Trinajstić information content (AvgIpc) is 3.02. The lowest BCUT2D eigenvalue weighted by molar-refractivity contribution is -0.115. The number of anilines is 1. The van der Waals surface area contributed by atoms with E-state index in [0.717, 1.165) is 12.0 Å². The highest BCUT2D eigenvalue weighted by molar-refractivity contribution is 8.18. The molecule has 1 atom stereocenters. The highest BCUT2D eigenvalue weighted by atomic mass is 35.5. The molecule has 4 nitrogen and oxygen atoms in total. The Morgan fingerprint density at radius 3 is 2.80 bits per heavy atom. The van der Waals surface area contributed by atoms with Crippen molar-refractivity contribution in [1.29, 1.82) is 0 Å². The number of hydrogen-bond acceptors (Lipinski definition) is 4. The summed E-state index contributed by atoms with van der Waals surface area (Å²) in [4.78, 5) is 19.9. The number of nitrogens with one attached hydrogen (secondary N) is 1. The van der Waals surface area contributed by atoms with Crippen molar-refractivity contribution in [2.24, 2.45) is 4.99 Å². The molecular formula is C23H23Cl2N3OS. The van der Waals surface area contributed by atoms with Gasteiger partial charge in [0.1, 0.15) is 0 Å². The predicted octanol–water partition coefficient (Wildman–Crippen LogP) is 6.61. The second-order valence-corrected chi connectivity index (χ2v) is 10.2. The van der Waals surface area contributed by atoms with Crippen LogP contribution in [0, 0.1) is 0 Å². The molecule has 0 bridgehead atoms. The van der Waals surface area contributed by atoms with E-state index >= 15 is 0 Å². The molecule has 0 radical (unpaired) electrons. The Bertz CT molecular complexity index is 1090. The van der Waals surface area contributed by atoms with Crippen LogP contribution in [-0.2, 0) is 4.79 Å². The zero-order valence-electron chi connectivity index (χ0n) is 17.3. The summed E-state index contributed by atoms with van der Waals surface area (Å²) in [5.41, 5.74) is 4.23. The van der Waals surface area contributed by atoms with Crippen LogP contribution < -0.4 is 10.2 Å². The van der Waals surface area contributed by atoms with Crippen molar-refractivity contribution in [3.05, 3.63) is 62.5 Å². The number of thioether (sulfide) groups is 1. The average molecular weight is 460 g/mol. The van der Waals surface area contributed by atoms with Crippen LogP contribution >= 0.6 is 35.0 Å². The molecule has 156 valence electrons. The smallest absolute Gasteiger partial charge is 0.264 e. The second-order valence-electron chi connectivity index (χ2n) is 8.35. The van der Waals surface area contributed by atoms with Crippen LogP contribution in [0.4, 0.5) is 11.4 Å². The Balaban J connectivity index is 1.62. The van der Waals surface area contributed by atoms with Gasteiger partial charge in [-0.15, -0.1) is 0 Å². The highest BCUT2D eigenvalue weighted by Gasteiger charge is 2.34. The summed E-state index contributed by atoms with van der Waals surface area (Å²) in [7, 11) is 2.15. The van der Waals surface area contributed by atoms with Gasteiger partial charge in [0.25, 0.3) is 5.91 Å². The number of halogens is 2. The first kappa shape index (κ1) is 21.3. The van der Waals surface area contributed by atoms with Crippen LogP contribution in [0.1, 0.15) is 44.2 Å². The zero-order chi connectivity index (χ0) is 21.6. The van der Waals surface area contributed by atoms with E-state index in [4.69, 9.17) is 23.2 Å². The maximum Gasteiger partial charge on any atom is 0.264 e. The Morgan fingerprint density at radius 1 is 1.27 bits per heavy atom. The number of carbonyl (C=O) groups is 1. The summed E-state index contributed by atoms with van der Waals surface area (Å²) in [5, 5.41) is 4.09. The molecule has 0 aromatic heterocycles. The molecule has 1 fully saturated rings. The van der Waals surface area contributed by atoms with E-state index in [2.05, 4.69) is 61.2 Å². The number of fused-ring (bicyclic) bond motifs is 1. The molecule has 4 rings (SSSR count). The molecule has 1 saturated heterocycles. The SMILES string of the molecule is C[C@@H]1CC(C)(C)N(C)c2ccc(/C=C3\SC(=Nc4cccc(Cl)c4Cl)NC3=O)cc21. The van der Waals surface area contributed by atoms with Crippen LogP contribution in [-0.4, -0.2) is 23.7 Å². The Morgan fingerprint density at radius 2 is 2.03 bits per heavy atom. The Hall–Kier alpha value is -1.95. The molecular weight excluding hydrogens is 437 g/mol. The van der Waals surface area contributed by atoms with Crippen molar-refractivity contribution in [2.45, 2.75) is 38.6 Å². The zero-order valence-corrected chi connectivity index (χ0v) is 19.6. The fourth-order valence-electron chi connectivity index (χ4n) is 4.01. The van der Waals surface area contributed by atoms with Crippen LogP contribution in [0.2, 0.25) is 10.0 Å². The molecule has 7 heteroatoms. The number of amidine groups is 1. The number of benzene rings is 2. The number of hydrogen-bond donors (Lipinski definition) is 1. The summed E-state index contributed by atoms with van der Waals surface area (Å²) in [6.45, 7) is 6.81. The number of rotatable bonds is 2. The molecule has 2 heterocycles. The van der Waals surface area contributed by atoms with Gasteiger partial charge in [-0.1, -0.05) is 42.3 Å². The van der Waals surface area contributed by atoms with Crippen molar-refractivity contribution < 1.29 is 4.79 Å². The monoisotopic (exact) mass is 459 g/mol. The third-order valence-corrected chi connectivity index (χ3v) is 7.48. The van der Waals surface area contributed by atoms with Gasteiger partial charge in [-0.2, -0.15) is 0 Å². The molecule has 1 amide bonds. The summed E-state index contributed by atoms with van der Waals surface area (Å²) in [6, 6.07) is 11.6. The fourth-order valence-corrected chi connectivity index (χ4v) is 5.18. The maximum absolute atomic E-state index is 12.5.